The van der Waals surface area contributed by atoms with Gasteiger partial charge in [0.15, 0.2) is 15.4 Å². The Morgan fingerprint density at radius 1 is 0.762 bits per heavy atom. The predicted octanol–water partition coefficient (Wildman–Crippen LogP) is 4.98. The van der Waals surface area contributed by atoms with Gasteiger partial charge in [0, 0.05) is 0 Å². The molecule has 9 N–H and O–H groups in total. The zero-order valence-corrected chi connectivity index (χ0v) is 26.2. The van der Waals surface area contributed by atoms with Gasteiger partial charge in [-0.2, -0.15) is 19.5 Å². The third-order valence-corrected chi connectivity index (χ3v) is 7.68. The molecule has 1 atom stereocenters. The number of aliphatic hydroxyl groups is 1. The Kier molecular flexibility index (Phi) is 17.0. The summed E-state index contributed by atoms with van der Waals surface area (Å²) in [7, 11) is 1.64. The minimum Gasteiger partial charge on any atom is -0.497 e. The highest BCUT2D eigenvalue weighted by Crippen LogP contribution is 2.27. The standard InChI is InChI=1S/C9H10N2S.2C8H8N2OS.CO2.CH4.H2O.H3P/c1-2-6-3-4-7-8(5-6)12-9(10)11-7;1-11-5-2-3-6-7(4-5)12-8(9)10-6;9-8-10-6-2-1-5(4-11)3-7(6)12-8;2-1-3;;;/h3-5H,2H2,1H3,(H2,10,11);2-4H,1H3,(H2,9,10);1-3,11H,4H2,(H2,9,10);;1H4;1H2;1H3. The van der Waals surface area contributed by atoms with E-state index in [9.17, 15) is 0 Å². The molecule has 0 aliphatic carbocycles. The molecule has 0 saturated heterocycles. The van der Waals surface area contributed by atoms with E-state index in [0.29, 0.717) is 15.4 Å². The van der Waals surface area contributed by atoms with E-state index in [1.807, 2.05) is 42.5 Å². The van der Waals surface area contributed by atoms with E-state index in [1.165, 1.54) is 32.9 Å². The van der Waals surface area contributed by atoms with Crippen LogP contribution in [0.4, 0.5) is 15.4 Å². The fourth-order valence-corrected chi connectivity index (χ4v) is 5.70. The maximum absolute atomic E-state index is 8.86. The summed E-state index contributed by atoms with van der Waals surface area (Å²) in [5.74, 6) is 0.839. The molecule has 11 nitrogen and oxygen atoms in total. The number of aromatic nitrogens is 3. The lowest BCUT2D eigenvalue weighted by Crippen LogP contribution is -1.81. The van der Waals surface area contributed by atoms with Gasteiger partial charge >= 0.3 is 6.15 Å². The van der Waals surface area contributed by atoms with Crippen LogP contribution in [0.2, 0.25) is 0 Å². The number of carbonyl (C=O) groups excluding carboxylic acids is 2. The molecule has 3 heterocycles. The Balaban J connectivity index is 0.000000554. The maximum atomic E-state index is 8.86. The lowest BCUT2D eigenvalue weighted by Gasteiger charge is -1.96. The Labute approximate surface area is 258 Å². The van der Waals surface area contributed by atoms with Gasteiger partial charge in [0.2, 0.25) is 0 Å². The summed E-state index contributed by atoms with van der Waals surface area (Å²) >= 11 is 4.45. The van der Waals surface area contributed by atoms with E-state index < -0.39 is 0 Å². The number of nitrogen functional groups attached to an aromatic ring is 3. The number of benzene rings is 3. The molecule has 0 spiro atoms. The van der Waals surface area contributed by atoms with Gasteiger partial charge in [-0.1, -0.05) is 60.5 Å². The van der Waals surface area contributed by atoms with Gasteiger partial charge in [0.25, 0.3) is 0 Å². The van der Waals surface area contributed by atoms with Crippen molar-refractivity contribution in [1.29, 1.82) is 0 Å². The van der Waals surface area contributed by atoms with Crippen LogP contribution < -0.4 is 21.9 Å². The minimum atomic E-state index is 0. The number of ether oxygens (including phenoxy) is 1. The molecule has 3 aromatic heterocycles. The van der Waals surface area contributed by atoms with Crippen LogP contribution in [0, 0.1) is 0 Å². The molecule has 42 heavy (non-hydrogen) atoms. The molecule has 0 saturated carbocycles. The normalized spacial score (nSPS) is 9.31. The number of nitrogens with zero attached hydrogens (tertiary/aromatic N) is 3. The van der Waals surface area contributed by atoms with Crippen molar-refractivity contribution in [3.05, 3.63) is 65.7 Å². The molecule has 3 aromatic carbocycles. The summed E-state index contributed by atoms with van der Waals surface area (Å²) in [6.07, 6.45) is 1.31. The lowest BCUT2D eigenvalue weighted by atomic mass is 10.2. The molecule has 0 aliphatic rings. The van der Waals surface area contributed by atoms with Crippen molar-refractivity contribution in [2.24, 2.45) is 0 Å². The number of hydrogen-bond donors (Lipinski definition) is 4. The van der Waals surface area contributed by atoms with Gasteiger partial charge in [0.05, 0.1) is 44.4 Å². The quantitative estimate of drug-likeness (QED) is 0.188. The predicted molar refractivity (Wildman–Crippen MR) is 180 cm³/mol. The van der Waals surface area contributed by atoms with Crippen LogP contribution in [0.15, 0.2) is 54.6 Å². The zero-order chi connectivity index (χ0) is 28.4. The van der Waals surface area contributed by atoms with Crippen LogP contribution in [0.1, 0.15) is 25.5 Å². The molecule has 0 bridgehead atoms. The van der Waals surface area contributed by atoms with E-state index in [-0.39, 0.29) is 35.6 Å². The number of hydrogen-bond acceptors (Lipinski definition) is 13. The Bertz CT molecular complexity index is 1530. The fraction of sp³-hybridized carbons (Fsp3) is 0.185. The summed E-state index contributed by atoms with van der Waals surface area (Å²) in [4.78, 5) is 28.7. The van der Waals surface area contributed by atoms with Crippen LogP contribution in [0.5, 0.6) is 5.75 Å². The second-order valence-electron chi connectivity index (χ2n) is 7.69. The van der Waals surface area contributed by atoms with Crippen molar-refractivity contribution in [1.82, 2.24) is 15.0 Å². The molecular weight excluding hydrogens is 616 g/mol. The van der Waals surface area contributed by atoms with Gasteiger partial charge < -0.3 is 32.5 Å². The average Bonchev–Trinajstić information content (AvgIpc) is 3.61. The topological polar surface area (TPSA) is 212 Å². The summed E-state index contributed by atoms with van der Waals surface area (Å²) in [5.41, 5.74) is 21.7. The number of aliphatic hydroxyl groups excluding tert-OH is 1. The Morgan fingerprint density at radius 3 is 1.55 bits per heavy atom. The second kappa shape index (κ2) is 18.6. The van der Waals surface area contributed by atoms with E-state index in [2.05, 4.69) is 34.0 Å². The highest BCUT2D eigenvalue weighted by atomic mass is 32.1. The number of thiazole rings is 3. The van der Waals surface area contributed by atoms with Gasteiger partial charge in [-0.25, -0.2) is 15.0 Å². The number of aryl methyl sites for hydroxylation is 1. The first-order valence-electron chi connectivity index (χ1n) is 11.4. The summed E-state index contributed by atoms with van der Waals surface area (Å²) in [6, 6.07) is 17.6. The van der Waals surface area contributed by atoms with Gasteiger partial charge in [0.1, 0.15) is 5.75 Å². The molecule has 0 aliphatic heterocycles. The van der Waals surface area contributed by atoms with Crippen LogP contribution in [0.25, 0.3) is 30.6 Å². The van der Waals surface area contributed by atoms with Crippen molar-refractivity contribution in [2.75, 3.05) is 24.3 Å². The van der Waals surface area contributed by atoms with Gasteiger partial charge in [-0.3, -0.25) is 0 Å². The smallest absolute Gasteiger partial charge is 0.373 e. The molecule has 6 rings (SSSR count). The molecule has 226 valence electrons. The number of anilines is 3. The van der Waals surface area contributed by atoms with Crippen molar-refractivity contribution in [2.45, 2.75) is 27.4 Å². The number of nitrogens with two attached hydrogens (primary N) is 3. The number of fused-ring (bicyclic) bond motifs is 3. The molecule has 0 fully saturated rings. The second-order valence-corrected chi connectivity index (χ2v) is 10.9. The third-order valence-electron chi connectivity index (χ3n) is 5.14. The number of methoxy groups -OCH3 is 1. The van der Waals surface area contributed by atoms with E-state index >= 15 is 0 Å². The number of rotatable bonds is 3. The Hall–Kier alpha value is -3.74. The summed E-state index contributed by atoms with van der Waals surface area (Å²) in [6.45, 7) is 2.21. The summed E-state index contributed by atoms with van der Waals surface area (Å²) in [5, 5.41) is 10.7. The molecule has 6 aromatic rings. The molecule has 0 amide bonds. The van der Waals surface area contributed by atoms with Crippen LogP contribution in [-0.2, 0) is 22.6 Å². The van der Waals surface area contributed by atoms with Gasteiger partial charge in [-0.15, -0.1) is 0 Å². The molecule has 1 unspecified atom stereocenters. The lowest BCUT2D eigenvalue weighted by molar-refractivity contribution is -0.191. The van der Waals surface area contributed by atoms with Crippen LogP contribution in [0.3, 0.4) is 0 Å². The van der Waals surface area contributed by atoms with Crippen molar-refractivity contribution in [3.63, 3.8) is 0 Å². The SMILES string of the molecule is C.CCc1ccc2nc(N)sc2c1.COc1ccc2nc(N)sc2c1.Nc1nc2ccc(CO)cc2s1.O.O=C=O.P. The zero-order valence-electron chi connectivity index (χ0n) is 22.3. The molecular formula is C27H35N6O5PS3. The largest absolute Gasteiger partial charge is 0.497 e. The van der Waals surface area contributed by atoms with Crippen LogP contribution >= 0.6 is 43.9 Å². The first-order valence-corrected chi connectivity index (χ1v) is 13.8. The van der Waals surface area contributed by atoms with E-state index in [0.717, 1.165) is 43.7 Å². The monoisotopic (exact) mass is 650 g/mol. The average molecular weight is 651 g/mol. The first-order chi connectivity index (χ1) is 18.8. The Morgan fingerprint density at radius 2 is 1.14 bits per heavy atom. The molecule has 0 radical (unpaired) electrons. The van der Waals surface area contributed by atoms with E-state index in [4.69, 9.17) is 36.6 Å². The van der Waals surface area contributed by atoms with Crippen molar-refractivity contribution in [3.8, 4) is 5.75 Å². The summed E-state index contributed by atoms with van der Waals surface area (Å²) < 4.78 is 8.35. The highest BCUT2D eigenvalue weighted by molar-refractivity contribution is 7.22. The first kappa shape index (κ1) is 38.3. The highest BCUT2D eigenvalue weighted by Gasteiger charge is 2.02. The minimum absolute atomic E-state index is 0. The van der Waals surface area contributed by atoms with Gasteiger partial charge in [-0.05, 0) is 60.0 Å². The van der Waals surface area contributed by atoms with E-state index in [1.54, 1.807) is 18.4 Å². The molecule has 15 heteroatoms. The third kappa shape index (κ3) is 10.6. The van der Waals surface area contributed by atoms with Crippen molar-refractivity contribution >= 4 is 96.1 Å². The maximum Gasteiger partial charge on any atom is 0.373 e. The van der Waals surface area contributed by atoms with Crippen LogP contribution in [-0.4, -0.2) is 38.8 Å². The fourth-order valence-electron chi connectivity index (χ4n) is 3.34. The van der Waals surface area contributed by atoms with Crippen molar-refractivity contribution < 1.29 is 24.9 Å².